The van der Waals surface area contributed by atoms with Crippen molar-refractivity contribution in [3.63, 3.8) is 0 Å². The molecule has 4 rings (SSSR count). The molecule has 2 aliphatic rings. The minimum atomic E-state index is -0.828. The Bertz CT molecular complexity index is 834. The number of benzene rings is 1. The van der Waals surface area contributed by atoms with Crippen molar-refractivity contribution in [3.8, 4) is 0 Å². The van der Waals surface area contributed by atoms with Crippen molar-refractivity contribution >= 4 is 11.6 Å². The molecule has 0 spiro atoms. The number of amides is 1. The Labute approximate surface area is 162 Å². The van der Waals surface area contributed by atoms with Crippen LogP contribution in [0, 0.1) is 23.5 Å². The van der Waals surface area contributed by atoms with Crippen LogP contribution in [0.15, 0.2) is 42.7 Å². The number of carbonyl (C=O) groups is 1. The van der Waals surface area contributed by atoms with Crippen LogP contribution in [-0.2, 0) is 16.1 Å². The second kappa shape index (κ2) is 8.32. The lowest BCUT2D eigenvalue weighted by atomic mass is 9.83. The number of hydrogen-bond acceptors (Lipinski definition) is 4. The number of pyridine rings is 1. The van der Waals surface area contributed by atoms with Crippen molar-refractivity contribution in [1.29, 1.82) is 0 Å². The predicted octanol–water partition coefficient (Wildman–Crippen LogP) is 3.23. The molecule has 28 heavy (non-hydrogen) atoms. The normalized spacial score (nSPS) is 25.1. The summed E-state index contributed by atoms with van der Waals surface area (Å²) in [7, 11) is 0. The van der Waals surface area contributed by atoms with E-state index in [0.29, 0.717) is 18.8 Å². The van der Waals surface area contributed by atoms with Crippen molar-refractivity contribution in [2.45, 2.75) is 25.5 Å². The molecule has 148 valence electrons. The van der Waals surface area contributed by atoms with Gasteiger partial charge < -0.3 is 10.1 Å². The molecular formula is C21H23F2N3O2. The number of rotatable bonds is 4. The third-order valence-electron chi connectivity index (χ3n) is 5.54. The highest BCUT2D eigenvalue weighted by Crippen LogP contribution is 2.32. The fourth-order valence-electron chi connectivity index (χ4n) is 4.11. The van der Waals surface area contributed by atoms with E-state index in [-0.39, 0.29) is 23.8 Å². The first kappa shape index (κ1) is 19.0. The Morgan fingerprint density at radius 1 is 1.29 bits per heavy atom. The molecule has 1 aromatic heterocycles. The van der Waals surface area contributed by atoms with Gasteiger partial charge in [0.25, 0.3) is 0 Å². The van der Waals surface area contributed by atoms with Gasteiger partial charge in [-0.25, -0.2) is 8.78 Å². The van der Waals surface area contributed by atoms with Crippen LogP contribution < -0.4 is 5.32 Å². The van der Waals surface area contributed by atoms with Crippen LogP contribution in [0.4, 0.5) is 14.5 Å². The van der Waals surface area contributed by atoms with Gasteiger partial charge >= 0.3 is 0 Å². The maximum atomic E-state index is 13.5. The van der Waals surface area contributed by atoms with E-state index in [4.69, 9.17) is 4.74 Å². The molecule has 1 N–H and O–H groups in total. The Morgan fingerprint density at radius 2 is 2.18 bits per heavy atom. The van der Waals surface area contributed by atoms with Crippen molar-refractivity contribution in [2.75, 3.05) is 25.0 Å². The molecule has 2 saturated heterocycles. The second-order valence-corrected chi connectivity index (χ2v) is 7.57. The highest BCUT2D eigenvalue weighted by Gasteiger charge is 2.38. The lowest BCUT2D eigenvalue weighted by molar-refractivity contribution is -0.134. The van der Waals surface area contributed by atoms with Gasteiger partial charge in [0.15, 0.2) is 11.6 Å². The molecule has 1 aromatic carbocycles. The summed E-state index contributed by atoms with van der Waals surface area (Å²) in [6, 6.07) is 7.62. The van der Waals surface area contributed by atoms with Crippen LogP contribution in [0.1, 0.15) is 18.4 Å². The molecule has 3 atom stereocenters. The number of fused-ring (bicyclic) bond motifs is 1. The Kier molecular flexibility index (Phi) is 5.64. The van der Waals surface area contributed by atoms with Gasteiger partial charge in [-0.05, 0) is 48.6 Å². The average molecular weight is 387 g/mol. The highest BCUT2D eigenvalue weighted by molar-refractivity contribution is 5.92. The van der Waals surface area contributed by atoms with Crippen molar-refractivity contribution in [2.24, 2.45) is 11.8 Å². The predicted molar refractivity (Wildman–Crippen MR) is 100 cm³/mol. The molecule has 3 heterocycles. The zero-order valence-corrected chi connectivity index (χ0v) is 15.5. The first-order valence-electron chi connectivity index (χ1n) is 9.57. The number of hydrogen-bond donors (Lipinski definition) is 1. The fraction of sp³-hybridized carbons (Fsp3) is 0.429. The maximum Gasteiger partial charge on any atom is 0.229 e. The number of halogens is 2. The van der Waals surface area contributed by atoms with E-state index in [0.717, 1.165) is 31.5 Å². The number of carbonyl (C=O) groups excluding carboxylic acids is 1. The number of ether oxygens (including phenoxy) is 1. The standard InChI is InChI=1S/C21H23F2N3O2/c22-18-4-3-14(8-19(18)23)11-26-7-5-20-15(12-26)9-16(13-28-20)21(27)25-17-2-1-6-24-10-17/h1-4,6,8,10,15-16,20H,5,7,9,11-13H2,(H,25,27)/t15-,16-,20+/m0/s1. The second-order valence-electron chi connectivity index (χ2n) is 7.57. The number of anilines is 1. The van der Waals surface area contributed by atoms with E-state index in [1.807, 2.05) is 6.07 Å². The van der Waals surface area contributed by atoms with E-state index < -0.39 is 11.6 Å². The SMILES string of the molecule is O=C(Nc1cccnc1)[C@@H]1CO[C@@H]2CCN(Cc3ccc(F)c(F)c3)C[C@@H]2C1. The molecule has 0 radical (unpaired) electrons. The molecule has 0 unspecified atom stereocenters. The number of nitrogens with one attached hydrogen (secondary N) is 1. The van der Waals surface area contributed by atoms with Gasteiger partial charge in [-0.2, -0.15) is 0 Å². The topological polar surface area (TPSA) is 54.5 Å². The first-order chi connectivity index (χ1) is 13.6. The van der Waals surface area contributed by atoms with Gasteiger partial charge in [0, 0.05) is 25.8 Å². The number of piperidine rings is 1. The van der Waals surface area contributed by atoms with Crippen LogP contribution in [0.25, 0.3) is 0 Å². The quantitative estimate of drug-likeness (QED) is 0.875. The molecular weight excluding hydrogens is 364 g/mol. The summed E-state index contributed by atoms with van der Waals surface area (Å²) in [6.45, 7) is 2.61. The minimum Gasteiger partial charge on any atom is -0.377 e. The Balaban J connectivity index is 1.35. The van der Waals surface area contributed by atoms with Crippen LogP contribution in [0.3, 0.4) is 0 Å². The van der Waals surface area contributed by atoms with Gasteiger partial charge in [0.2, 0.25) is 5.91 Å². The van der Waals surface area contributed by atoms with E-state index >= 15 is 0 Å². The highest BCUT2D eigenvalue weighted by atomic mass is 19.2. The monoisotopic (exact) mass is 387 g/mol. The van der Waals surface area contributed by atoms with Gasteiger partial charge in [-0.1, -0.05) is 6.07 Å². The Morgan fingerprint density at radius 3 is 2.96 bits per heavy atom. The summed E-state index contributed by atoms with van der Waals surface area (Å²) in [6.07, 6.45) is 5.07. The largest absolute Gasteiger partial charge is 0.377 e. The smallest absolute Gasteiger partial charge is 0.229 e. The molecule has 2 fully saturated rings. The molecule has 0 bridgehead atoms. The van der Waals surface area contributed by atoms with Gasteiger partial charge in [-0.15, -0.1) is 0 Å². The zero-order valence-electron chi connectivity index (χ0n) is 15.5. The molecule has 1 amide bonds. The van der Waals surface area contributed by atoms with E-state index in [9.17, 15) is 13.6 Å². The lowest BCUT2D eigenvalue weighted by Crippen LogP contribution is -2.49. The summed E-state index contributed by atoms with van der Waals surface area (Å²) < 4.78 is 32.6. The first-order valence-corrected chi connectivity index (χ1v) is 9.57. The Hall–Kier alpha value is -2.38. The maximum absolute atomic E-state index is 13.5. The van der Waals surface area contributed by atoms with Crippen LogP contribution in [-0.4, -0.2) is 41.6 Å². The van der Waals surface area contributed by atoms with Crippen LogP contribution in [0.2, 0.25) is 0 Å². The molecule has 0 aliphatic carbocycles. The molecule has 7 heteroatoms. The molecule has 0 saturated carbocycles. The summed E-state index contributed by atoms with van der Waals surface area (Å²) in [5.41, 5.74) is 1.43. The summed E-state index contributed by atoms with van der Waals surface area (Å²) in [5, 5.41) is 2.90. The average Bonchev–Trinajstić information content (AvgIpc) is 2.71. The minimum absolute atomic E-state index is 0.0517. The van der Waals surface area contributed by atoms with Crippen molar-refractivity contribution < 1.29 is 18.3 Å². The van der Waals surface area contributed by atoms with Gasteiger partial charge in [0.1, 0.15) is 0 Å². The van der Waals surface area contributed by atoms with Gasteiger partial charge in [-0.3, -0.25) is 14.7 Å². The van der Waals surface area contributed by atoms with Crippen LogP contribution >= 0.6 is 0 Å². The number of likely N-dealkylation sites (tertiary alicyclic amines) is 1. The van der Waals surface area contributed by atoms with E-state index in [1.54, 1.807) is 24.5 Å². The van der Waals surface area contributed by atoms with Crippen molar-refractivity contribution in [1.82, 2.24) is 9.88 Å². The number of aromatic nitrogens is 1. The molecule has 2 aliphatic heterocycles. The third kappa shape index (κ3) is 4.36. The van der Waals surface area contributed by atoms with Crippen LogP contribution in [0.5, 0.6) is 0 Å². The molecule has 2 aromatic rings. The number of nitrogens with zero attached hydrogens (tertiary/aromatic N) is 2. The van der Waals surface area contributed by atoms with Gasteiger partial charge in [0.05, 0.1) is 30.5 Å². The summed E-state index contributed by atoms with van der Waals surface area (Å²) >= 11 is 0. The third-order valence-corrected chi connectivity index (χ3v) is 5.54. The van der Waals surface area contributed by atoms with E-state index in [1.165, 1.54) is 12.1 Å². The summed E-state index contributed by atoms with van der Waals surface area (Å²) in [5.74, 6) is -1.66. The molecule has 5 nitrogen and oxygen atoms in total. The zero-order chi connectivity index (χ0) is 19.5. The van der Waals surface area contributed by atoms with Crippen molar-refractivity contribution in [3.05, 3.63) is 59.9 Å². The van der Waals surface area contributed by atoms with E-state index in [2.05, 4.69) is 15.2 Å². The lowest BCUT2D eigenvalue weighted by Gasteiger charge is -2.43. The summed E-state index contributed by atoms with van der Waals surface area (Å²) in [4.78, 5) is 18.8. The fourth-order valence-corrected chi connectivity index (χ4v) is 4.11.